The molecule has 0 spiro atoms. The van der Waals surface area contributed by atoms with Gasteiger partial charge in [-0.05, 0) is 43.2 Å². The first-order valence-electron chi connectivity index (χ1n) is 7.31. The highest BCUT2D eigenvalue weighted by Gasteiger charge is 2.28. The molecule has 0 aromatic heterocycles. The summed E-state index contributed by atoms with van der Waals surface area (Å²) in [6, 6.07) is 10.5. The Balaban J connectivity index is 1.79. The molecule has 0 saturated heterocycles. The first kappa shape index (κ1) is 17.3. The maximum absolute atomic E-state index is 12.5. The normalized spacial score (nSPS) is 16.7. The molecule has 1 atom stereocenters. The Morgan fingerprint density at radius 1 is 1.25 bits per heavy atom. The largest absolute Gasteiger partial charge is 0.324 e. The van der Waals surface area contributed by atoms with E-state index in [1.165, 1.54) is 30.0 Å². The number of halogens is 1. The molecule has 4 nitrogen and oxygen atoms in total. The maximum Gasteiger partial charge on any atom is 0.238 e. The third-order valence-corrected chi connectivity index (χ3v) is 6.55. The van der Waals surface area contributed by atoms with E-state index in [1.54, 1.807) is 0 Å². The highest BCUT2D eigenvalue weighted by Crippen LogP contribution is 2.38. The van der Waals surface area contributed by atoms with Crippen LogP contribution in [0, 0.1) is 6.92 Å². The summed E-state index contributed by atoms with van der Waals surface area (Å²) in [5, 5.41) is 2.82. The van der Waals surface area contributed by atoms with Crippen molar-refractivity contribution in [2.45, 2.75) is 28.4 Å². The summed E-state index contributed by atoms with van der Waals surface area (Å²) in [7, 11) is -3.36. The minimum Gasteiger partial charge on any atom is -0.324 e. The summed E-state index contributed by atoms with van der Waals surface area (Å²) in [4.78, 5) is 13.8. The number of anilines is 1. The van der Waals surface area contributed by atoms with Crippen LogP contribution in [0.4, 0.5) is 5.69 Å². The summed E-state index contributed by atoms with van der Waals surface area (Å²) in [5.41, 5.74) is 2.63. The van der Waals surface area contributed by atoms with Gasteiger partial charge in [-0.25, -0.2) is 8.42 Å². The van der Waals surface area contributed by atoms with Crippen molar-refractivity contribution < 1.29 is 13.2 Å². The molecule has 7 heteroatoms. The first-order valence-corrected chi connectivity index (χ1v) is 10.5. The molecule has 1 heterocycles. The Morgan fingerprint density at radius 2 is 2.00 bits per heavy atom. The SMILES string of the molecule is Cc1ccc2c(c1)S[C@@H](C(=O)Nc1cc(S(C)(=O)=O)ccc1Cl)C2. The maximum atomic E-state index is 12.5. The summed E-state index contributed by atoms with van der Waals surface area (Å²) in [5.74, 6) is -0.179. The van der Waals surface area contributed by atoms with Crippen molar-refractivity contribution in [3.8, 4) is 0 Å². The van der Waals surface area contributed by atoms with Gasteiger partial charge in [0, 0.05) is 11.2 Å². The van der Waals surface area contributed by atoms with E-state index in [-0.39, 0.29) is 16.1 Å². The van der Waals surface area contributed by atoms with Gasteiger partial charge in [0.15, 0.2) is 9.84 Å². The summed E-state index contributed by atoms with van der Waals surface area (Å²) in [6.07, 6.45) is 1.77. The van der Waals surface area contributed by atoms with Gasteiger partial charge >= 0.3 is 0 Å². The highest BCUT2D eigenvalue weighted by atomic mass is 35.5. The molecule has 0 unspecified atom stereocenters. The van der Waals surface area contributed by atoms with Crippen molar-refractivity contribution >= 4 is 44.8 Å². The third kappa shape index (κ3) is 3.61. The van der Waals surface area contributed by atoms with Crippen LogP contribution in [0.5, 0.6) is 0 Å². The average molecular weight is 382 g/mol. The quantitative estimate of drug-likeness (QED) is 0.880. The lowest BCUT2D eigenvalue weighted by Crippen LogP contribution is -2.24. The number of carbonyl (C=O) groups excluding carboxylic acids is 1. The molecule has 2 aromatic carbocycles. The molecule has 0 fully saturated rings. The van der Waals surface area contributed by atoms with Crippen LogP contribution in [0.1, 0.15) is 11.1 Å². The number of hydrogen-bond acceptors (Lipinski definition) is 4. The van der Waals surface area contributed by atoms with E-state index < -0.39 is 9.84 Å². The van der Waals surface area contributed by atoms with Gasteiger partial charge in [-0.2, -0.15) is 0 Å². The zero-order chi connectivity index (χ0) is 17.5. The monoisotopic (exact) mass is 381 g/mol. The standard InChI is InChI=1S/C17H16ClNO3S2/c1-10-3-4-11-8-16(23-15(11)7-10)17(20)19-14-9-12(24(2,21)22)5-6-13(14)18/h3-7,9,16H,8H2,1-2H3,(H,19,20)/t16-/m1/s1. The smallest absolute Gasteiger partial charge is 0.238 e. The van der Waals surface area contributed by atoms with E-state index in [0.29, 0.717) is 17.1 Å². The van der Waals surface area contributed by atoms with Gasteiger partial charge in [-0.15, -0.1) is 11.8 Å². The van der Waals surface area contributed by atoms with E-state index in [0.717, 1.165) is 22.3 Å². The van der Waals surface area contributed by atoms with Crippen LogP contribution in [-0.4, -0.2) is 25.8 Å². The minimum atomic E-state index is -3.36. The van der Waals surface area contributed by atoms with Crippen LogP contribution >= 0.6 is 23.4 Å². The van der Waals surface area contributed by atoms with Crippen molar-refractivity contribution in [2.75, 3.05) is 11.6 Å². The van der Waals surface area contributed by atoms with Crippen molar-refractivity contribution in [1.29, 1.82) is 0 Å². The molecular formula is C17H16ClNO3S2. The molecule has 0 bridgehead atoms. The van der Waals surface area contributed by atoms with E-state index in [1.807, 2.05) is 19.1 Å². The Bertz CT molecular complexity index is 925. The molecule has 1 aliphatic heterocycles. The van der Waals surface area contributed by atoms with E-state index in [4.69, 9.17) is 11.6 Å². The first-order chi connectivity index (χ1) is 11.2. The fourth-order valence-electron chi connectivity index (χ4n) is 2.53. The second-order valence-electron chi connectivity index (χ2n) is 5.82. The minimum absolute atomic E-state index is 0.125. The number of fused-ring (bicyclic) bond motifs is 1. The summed E-state index contributed by atoms with van der Waals surface area (Å²) < 4.78 is 23.3. The van der Waals surface area contributed by atoms with Crippen molar-refractivity contribution in [3.63, 3.8) is 0 Å². The van der Waals surface area contributed by atoms with E-state index in [2.05, 4.69) is 11.4 Å². The van der Waals surface area contributed by atoms with E-state index >= 15 is 0 Å². The number of hydrogen-bond donors (Lipinski definition) is 1. The van der Waals surface area contributed by atoms with Gasteiger partial charge in [-0.3, -0.25) is 4.79 Å². The zero-order valence-corrected chi connectivity index (χ0v) is 15.6. The molecule has 1 amide bonds. The van der Waals surface area contributed by atoms with Gasteiger partial charge in [-0.1, -0.05) is 29.3 Å². The lowest BCUT2D eigenvalue weighted by molar-refractivity contribution is -0.115. The van der Waals surface area contributed by atoms with Gasteiger partial charge in [0.2, 0.25) is 5.91 Å². The molecule has 0 radical (unpaired) electrons. The molecule has 24 heavy (non-hydrogen) atoms. The number of thioether (sulfide) groups is 1. The Hall–Kier alpha value is -1.50. The summed E-state index contributed by atoms with van der Waals surface area (Å²) >= 11 is 7.61. The number of sulfone groups is 1. The van der Waals surface area contributed by atoms with Crippen molar-refractivity contribution in [1.82, 2.24) is 0 Å². The fourth-order valence-corrected chi connectivity index (χ4v) is 4.63. The average Bonchev–Trinajstić information content (AvgIpc) is 2.91. The van der Waals surface area contributed by atoms with Crippen molar-refractivity contribution in [2.24, 2.45) is 0 Å². The number of aryl methyl sites for hydroxylation is 1. The van der Waals surface area contributed by atoms with Crippen LogP contribution in [-0.2, 0) is 21.1 Å². The summed E-state index contributed by atoms with van der Waals surface area (Å²) in [6.45, 7) is 2.02. The predicted molar refractivity (Wildman–Crippen MR) is 97.7 cm³/mol. The second-order valence-corrected chi connectivity index (χ2v) is 9.49. The Labute approximate surface area is 150 Å². The number of benzene rings is 2. The number of amides is 1. The number of rotatable bonds is 3. The lowest BCUT2D eigenvalue weighted by atomic mass is 10.1. The molecule has 1 aliphatic rings. The van der Waals surface area contributed by atoms with Crippen LogP contribution in [0.15, 0.2) is 46.2 Å². The number of carbonyl (C=O) groups is 1. The van der Waals surface area contributed by atoms with Crippen LogP contribution in [0.3, 0.4) is 0 Å². The van der Waals surface area contributed by atoms with Crippen LogP contribution < -0.4 is 5.32 Å². The van der Waals surface area contributed by atoms with Crippen LogP contribution in [0.25, 0.3) is 0 Å². The number of nitrogens with one attached hydrogen (secondary N) is 1. The Morgan fingerprint density at radius 3 is 2.71 bits per heavy atom. The molecule has 3 rings (SSSR count). The van der Waals surface area contributed by atoms with Crippen molar-refractivity contribution in [3.05, 3.63) is 52.5 Å². The fraction of sp³-hybridized carbons (Fsp3) is 0.235. The molecule has 126 valence electrons. The predicted octanol–water partition coefficient (Wildman–Crippen LogP) is 3.71. The molecular weight excluding hydrogens is 366 g/mol. The van der Waals surface area contributed by atoms with Gasteiger partial charge in [0.25, 0.3) is 0 Å². The van der Waals surface area contributed by atoms with Gasteiger partial charge < -0.3 is 5.32 Å². The lowest BCUT2D eigenvalue weighted by Gasteiger charge is -2.12. The topological polar surface area (TPSA) is 63.2 Å². The molecule has 0 saturated carbocycles. The van der Waals surface area contributed by atoms with Crippen LogP contribution in [0.2, 0.25) is 5.02 Å². The Kier molecular flexibility index (Phi) is 4.64. The van der Waals surface area contributed by atoms with Gasteiger partial charge in [0.1, 0.15) is 0 Å². The molecule has 1 N–H and O–H groups in total. The zero-order valence-electron chi connectivity index (χ0n) is 13.2. The van der Waals surface area contributed by atoms with Gasteiger partial charge in [0.05, 0.1) is 20.9 Å². The third-order valence-electron chi connectivity index (χ3n) is 3.81. The highest BCUT2D eigenvalue weighted by molar-refractivity contribution is 8.01. The molecule has 2 aromatic rings. The second kappa shape index (κ2) is 6.43. The molecule has 0 aliphatic carbocycles. The van der Waals surface area contributed by atoms with E-state index in [9.17, 15) is 13.2 Å².